The number of ether oxygens (including phenoxy) is 1. The summed E-state index contributed by atoms with van der Waals surface area (Å²) in [7, 11) is -2.33. The fourth-order valence-corrected chi connectivity index (χ4v) is 5.86. The van der Waals surface area contributed by atoms with E-state index in [1.54, 1.807) is 7.05 Å². The first-order chi connectivity index (χ1) is 16.8. The number of alkyl halides is 3. The normalized spacial score (nSPS) is 28.9. The predicted octanol–water partition coefficient (Wildman–Crippen LogP) is 1.61. The van der Waals surface area contributed by atoms with Crippen molar-refractivity contribution in [3.8, 4) is 11.9 Å². The second kappa shape index (κ2) is 9.49. The lowest BCUT2D eigenvalue weighted by molar-refractivity contribution is -0.162. The first-order valence-corrected chi connectivity index (χ1v) is 12.7. The van der Waals surface area contributed by atoms with Gasteiger partial charge in [-0.3, -0.25) is 4.68 Å². The molecule has 1 aliphatic heterocycles. The van der Waals surface area contributed by atoms with Crippen molar-refractivity contribution in [3.05, 3.63) is 24.2 Å². The minimum absolute atomic E-state index is 0.0304. The minimum atomic E-state index is -3.90. The number of piperidine rings is 1. The number of hydrogen-bond acceptors (Lipinski definition) is 9. The highest BCUT2D eigenvalue weighted by atomic mass is 32.2. The van der Waals surface area contributed by atoms with Crippen molar-refractivity contribution in [1.29, 1.82) is 5.26 Å². The SMILES string of the molecule is Cn1cc(S(=O)(=O)N2CC[C@H](Nc3ncc(C#N)c(O[C@H]4CCC(F)(F)C[C@@]4(C)O)n3)[C@H](F)C2)cn1. The lowest BCUT2D eigenvalue weighted by Gasteiger charge is -2.40. The molecule has 0 amide bonds. The van der Waals surface area contributed by atoms with Crippen molar-refractivity contribution < 1.29 is 31.4 Å². The highest BCUT2D eigenvalue weighted by Gasteiger charge is 2.49. The smallest absolute Gasteiger partial charge is 0.251 e. The molecule has 0 radical (unpaired) electrons. The molecule has 1 aliphatic carbocycles. The highest BCUT2D eigenvalue weighted by molar-refractivity contribution is 7.89. The number of anilines is 1. The topological polar surface area (TPSA) is 146 Å². The Bertz CT molecular complexity index is 1260. The molecule has 4 rings (SSSR count). The van der Waals surface area contributed by atoms with Gasteiger partial charge in [-0.2, -0.15) is 19.6 Å². The number of sulfonamides is 1. The molecule has 0 bridgehead atoms. The maximum absolute atomic E-state index is 15.0. The Balaban J connectivity index is 1.45. The number of nitrogens with one attached hydrogen (secondary N) is 1. The number of hydrogen-bond donors (Lipinski definition) is 2. The number of nitrogens with zero attached hydrogens (tertiary/aromatic N) is 6. The monoisotopic (exact) mass is 529 g/mol. The molecular weight excluding hydrogens is 503 g/mol. The summed E-state index contributed by atoms with van der Waals surface area (Å²) < 4.78 is 76.0. The Labute approximate surface area is 205 Å². The van der Waals surface area contributed by atoms with Gasteiger partial charge >= 0.3 is 0 Å². The van der Waals surface area contributed by atoms with E-state index >= 15 is 0 Å². The molecule has 0 unspecified atom stereocenters. The van der Waals surface area contributed by atoms with Crippen LogP contribution in [0.1, 0.15) is 38.2 Å². The number of aryl methyl sites for hydroxylation is 1. The van der Waals surface area contributed by atoms with E-state index in [0.717, 1.165) is 10.5 Å². The molecule has 2 fully saturated rings. The van der Waals surface area contributed by atoms with Crippen molar-refractivity contribution in [1.82, 2.24) is 24.1 Å². The summed E-state index contributed by atoms with van der Waals surface area (Å²) in [5.74, 6) is -3.34. The fourth-order valence-electron chi connectivity index (χ4n) is 4.41. The van der Waals surface area contributed by atoms with Crippen molar-refractivity contribution in [2.24, 2.45) is 7.05 Å². The van der Waals surface area contributed by atoms with E-state index in [9.17, 15) is 32.0 Å². The Morgan fingerprint density at radius 3 is 2.69 bits per heavy atom. The summed E-state index contributed by atoms with van der Waals surface area (Å²) in [5.41, 5.74) is -1.94. The molecular formula is C21H26F3N7O4S. The zero-order valence-electron chi connectivity index (χ0n) is 19.6. The van der Waals surface area contributed by atoms with Gasteiger partial charge in [0.15, 0.2) is 0 Å². The molecule has 2 aliphatic rings. The molecule has 36 heavy (non-hydrogen) atoms. The summed E-state index contributed by atoms with van der Waals surface area (Å²) in [5, 5.41) is 26.5. The van der Waals surface area contributed by atoms with Crippen LogP contribution in [0.15, 0.2) is 23.5 Å². The summed E-state index contributed by atoms with van der Waals surface area (Å²) in [4.78, 5) is 8.07. The van der Waals surface area contributed by atoms with E-state index in [1.165, 1.54) is 24.0 Å². The van der Waals surface area contributed by atoms with Gasteiger partial charge in [-0.15, -0.1) is 0 Å². The average molecular weight is 530 g/mol. The third-order valence-corrected chi connectivity index (χ3v) is 8.17. The first-order valence-electron chi connectivity index (χ1n) is 11.2. The largest absolute Gasteiger partial charge is 0.470 e. The molecule has 196 valence electrons. The molecule has 1 saturated carbocycles. The van der Waals surface area contributed by atoms with Crippen molar-refractivity contribution in [2.75, 3.05) is 18.4 Å². The number of aromatic nitrogens is 4. The van der Waals surface area contributed by atoms with Gasteiger partial charge in [0.25, 0.3) is 5.92 Å². The minimum Gasteiger partial charge on any atom is -0.470 e. The molecule has 11 nitrogen and oxygen atoms in total. The number of rotatable bonds is 6. The molecule has 2 aromatic rings. The van der Waals surface area contributed by atoms with Crippen LogP contribution in [0.2, 0.25) is 0 Å². The van der Waals surface area contributed by atoms with Crippen LogP contribution < -0.4 is 10.1 Å². The predicted molar refractivity (Wildman–Crippen MR) is 119 cm³/mol. The van der Waals surface area contributed by atoms with Gasteiger partial charge < -0.3 is 15.2 Å². The van der Waals surface area contributed by atoms with Gasteiger partial charge in [0.05, 0.1) is 18.4 Å². The summed E-state index contributed by atoms with van der Waals surface area (Å²) in [6, 6.07) is 1.02. The van der Waals surface area contributed by atoms with Crippen molar-refractivity contribution in [2.45, 2.75) is 67.3 Å². The third kappa shape index (κ3) is 5.40. The van der Waals surface area contributed by atoms with Gasteiger partial charge in [-0.1, -0.05) is 0 Å². The van der Waals surface area contributed by atoms with E-state index < -0.39 is 59.3 Å². The maximum Gasteiger partial charge on any atom is 0.251 e. The zero-order chi connectivity index (χ0) is 26.3. The summed E-state index contributed by atoms with van der Waals surface area (Å²) in [6.45, 7) is 0.875. The molecule has 2 aromatic heterocycles. The van der Waals surface area contributed by atoms with Crippen LogP contribution in [-0.4, -0.2) is 80.5 Å². The van der Waals surface area contributed by atoms with E-state index in [0.29, 0.717) is 0 Å². The Hall–Kier alpha value is -2.96. The van der Waals surface area contributed by atoms with Gasteiger partial charge in [0.2, 0.25) is 21.9 Å². The molecule has 0 spiro atoms. The first kappa shape index (κ1) is 26.1. The van der Waals surface area contributed by atoms with E-state index in [1.807, 2.05) is 6.07 Å². The third-order valence-electron chi connectivity index (χ3n) is 6.35. The number of halogens is 3. The van der Waals surface area contributed by atoms with E-state index in [-0.39, 0.29) is 41.7 Å². The lowest BCUT2D eigenvalue weighted by atomic mass is 9.81. The summed E-state index contributed by atoms with van der Waals surface area (Å²) >= 11 is 0. The molecule has 3 heterocycles. The van der Waals surface area contributed by atoms with Crippen LogP contribution in [0, 0.1) is 11.3 Å². The van der Waals surface area contributed by atoms with Crippen LogP contribution in [0.5, 0.6) is 5.88 Å². The highest BCUT2D eigenvalue weighted by Crippen LogP contribution is 2.41. The van der Waals surface area contributed by atoms with Gasteiger partial charge in [0, 0.05) is 39.2 Å². The van der Waals surface area contributed by atoms with Crippen LogP contribution in [0.25, 0.3) is 0 Å². The zero-order valence-corrected chi connectivity index (χ0v) is 20.4. The maximum atomic E-state index is 15.0. The molecule has 1 saturated heterocycles. The number of aliphatic hydroxyl groups is 1. The summed E-state index contributed by atoms with van der Waals surface area (Å²) in [6.07, 6.45) is -0.305. The van der Waals surface area contributed by atoms with Crippen LogP contribution in [-0.2, 0) is 17.1 Å². The standard InChI is InChI=1S/C21H26F3N7O4S/c1-20(32)12-21(23,24)5-3-17(20)35-18-13(7-25)8-26-19(29-18)28-16-4-6-31(11-15(16)22)36(33,34)14-9-27-30(2)10-14/h8-10,15-17,32H,3-6,11-12H2,1-2H3,(H,26,28,29)/t15-,16+,17+,20-/m1/s1. The Morgan fingerprint density at radius 2 is 2.08 bits per heavy atom. The van der Waals surface area contributed by atoms with Crippen LogP contribution >= 0.6 is 0 Å². The van der Waals surface area contributed by atoms with Gasteiger partial charge in [-0.25, -0.2) is 26.6 Å². The Morgan fingerprint density at radius 1 is 1.33 bits per heavy atom. The van der Waals surface area contributed by atoms with Crippen LogP contribution in [0.4, 0.5) is 19.1 Å². The molecule has 0 aromatic carbocycles. The molecule has 4 atom stereocenters. The van der Waals surface area contributed by atoms with Gasteiger partial charge in [0.1, 0.15) is 34.4 Å². The lowest BCUT2D eigenvalue weighted by Crippen LogP contribution is -2.51. The molecule has 15 heteroatoms. The quantitative estimate of drug-likeness (QED) is 0.570. The second-order valence-corrected chi connectivity index (χ2v) is 11.3. The van der Waals surface area contributed by atoms with Crippen molar-refractivity contribution >= 4 is 16.0 Å². The van der Waals surface area contributed by atoms with Gasteiger partial charge in [-0.05, 0) is 19.8 Å². The second-order valence-electron chi connectivity index (χ2n) is 9.33. The molecule has 2 N–H and O–H groups in total. The van der Waals surface area contributed by atoms with E-state index in [2.05, 4.69) is 20.4 Å². The van der Waals surface area contributed by atoms with E-state index in [4.69, 9.17) is 4.74 Å². The average Bonchev–Trinajstić information content (AvgIpc) is 3.23. The Kier molecular flexibility index (Phi) is 6.88. The number of nitriles is 1. The van der Waals surface area contributed by atoms with Crippen molar-refractivity contribution in [3.63, 3.8) is 0 Å². The van der Waals surface area contributed by atoms with Crippen LogP contribution in [0.3, 0.4) is 0 Å². The fraction of sp³-hybridized carbons (Fsp3) is 0.619.